The van der Waals surface area contributed by atoms with E-state index < -0.39 is 0 Å². The van der Waals surface area contributed by atoms with Gasteiger partial charge in [-0.05, 0) is 24.3 Å². The summed E-state index contributed by atoms with van der Waals surface area (Å²) in [5.41, 5.74) is 1.56. The third-order valence-electron chi connectivity index (χ3n) is 2.65. The Labute approximate surface area is 107 Å². The number of carbonyl (C=O) groups is 1. The lowest BCUT2D eigenvalue weighted by Crippen LogP contribution is -2.30. The summed E-state index contributed by atoms with van der Waals surface area (Å²) in [7, 11) is 0. The Morgan fingerprint density at radius 3 is 2.11 bits per heavy atom. The van der Waals surface area contributed by atoms with E-state index in [-0.39, 0.29) is 5.91 Å². The minimum absolute atomic E-state index is 0.0123. The van der Waals surface area contributed by atoms with Gasteiger partial charge in [0.1, 0.15) is 0 Å². The van der Waals surface area contributed by atoms with Gasteiger partial charge in [-0.1, -0.05) is 42.5 Å². The lowest BCUT2D eigenvalue weighted by atomic mass is 10.2. The number of nitrogens with zero attached hydrogens (tertiary/aromatic N) is 1. The normalized spacial score (nSPS) is 9.78. The standard InChI is InChI=1S/C16H15NO/c1-2-13-17(15-11-7-4-8-12-15)16(18)14-9-5-3-6-10-14/h2-12H,1,13H2. The molecule has 0 heterocycles. The Hall–Kier alpha value is -2.35. The van der Waals surface area contributed by atoms with Crippen LogP contribution in [0, 0.1) is 0 Å². The average Bonchev–Trinajstić information content (AvgIpc) is 2.46. The molecule has 0 atom stereocenters. The Balaban J connectivity index is 2.32. The third-order valence-corrected chi connectivity index (χ3v) is 2.65. The molecular weight excluding hydrogens is 222 g/mol. The van der Waals surface area contributed by atoms with Gasteiger partial charge in [-0.25, -0.2) is 0 Å². The highest BCUT2D eigenvalue weighted by molar-refractivity contribution is 6.06. The van der Waals surface area contributed by atoms with Gasteiger partial charge >= 0.3 is 0 Å². The van der Waals surface area contributed by atoms with Crippen LogP contribution in [0.25, 0.3) is 0 Å². The fraction of sp³-hybridized carbons (Fsp3) is 0.0625. The van der Waals surface area contributed by atoms with E-state index in [9.17, 15) is 4.79 Å². The fourth-order valence-corrected chi connectivity index (χ4v) is 1.78. The zero-order chi connectivity index (χ0) is 12.8. The first-order valence-electron chi connectivity index (χ1n) is 5.86. The van der Waals surface area contributed by atoms with Crippen LogP contribution in [0.1, 0.15) is 10.4 Å². The molecule has 0 saturated carbocycles. The van der Waals surface area contributed by atoms with Crippen molar-refractivity contribution in [2.45, 2.75) is 0 Å². The molecule has 90 valence electrons. The van der Waals surface area contributed by atoms with Crippen molar-refractivity contribution in [2.24, 2.45) is 0 Å². The summed E-state index contributed by atoms with van der Waals surface area (Å²) in [5.74, 6) is -0.0123. The van der Waals surface area contributed by atoms with Gasteiger partial charge in [0.15, 0.2) is 0 Å². The van der Waals surface area contributed by atoms with Gasteiger partial charge in [0, 0.05) is 17.8 Å². The molecule has 0 N–H and O–H groups in total. The molecule has 2 aromatic carbocycles. The first kappa shape index (κ1) is 12.1. The smallest absolute Gasteiger partial charge is 0.258 e. The molecule has 0 aliphatic heterocycles. The van der Waals surface area contributed by atoms with Gasteiger partial charge in [-0.15, -0.1) is 6.58 Å². The predicted molar refractivity (Wildman–Crippen MR) is 74.8 cm³/mol. The molecule has 0 bridgehead atoms. The molecule has 18 heavy (non-hydrogen) atoms. The fourth-order valence-electron chi connectivity index (χ4n) is 1.78. The van der Waals surface area contributed by atoms with E-state index in [4.69, 9.17) is 0 Å². The van der Waals surface area contributed by atoms with Crippen molar-refractivity contribution in [3.63, 3.8) is 0 Å². The second-order valence-corrected chi connectivity index (χ2v) is 3.91. The van der Waals surface area contributed by atoms with Crippen molar-refractivity contribution in [2.75, 3.05) is 11.4 Å². The SMILES string of the molecule is C=CCN(C(=O)c1ccccc1)c1ccccc1. The van der Waals surface area contributed by atoms with Crippen LogP contribution in [-0.4, -0.2) is 12.5 Å². The van der Waals surface area contributed by atoms with Crippen molar-refractivity contribution >= 4 is 11.6 Å². The van der Waals surface area contributed by atoms with Crippen molar-refractivity contribution < 1.29 is 4.79 Å². The zero-order valence-electron chi connectivity index (χ0n) is 10.1. The van der Waals surface area contributed by atoms with E-state index in [1.165, 1.54) is 0 Å². The number of benzene rings is 2. The van der Waals surface area contributed by atoms with Crippen molar-refractivity contribution in [3.8, 4) is 0 Å². The second-order valence-electron chi connectivity index (χ2n) is 3.91. The molecule has 0 radical (unpaired) electrons. The number of amides is 1. The molecule has 0 unspecified atom stereocenters. The summed E-state index contributed by atoms with van der Waals surface area (Å²) < 4.78 is 0. The number of hydrogen-bond donors (Lipinski definition) is 0. The summed E-state index contributed by atoms with van der Waals surface area (Å²) >= 11 is 0. The molecule has 0 spiro atoms. The number of rotatable bonds is 4. The van der Waals surface area contributed by atoms with Crippen LogP contribution < -0.4 is 4.90 Å². The van der Waals surface area contributed by atoms with Gasteiger partial charge in [-0.2, -0.15) is 0 Å². The molecule has 0 fully saturated rings. The molecule has 1 amide bonds. The maximum atomic E-state index is 12.4. The maximum Gasteiger partial charge on any atom is 0.258 e. The van der Waals surface area contributed by atoms with E-state index in [0.717, 1.165) is 5.69 Å². The predicted octanol–water partition coefficient (Wildman–Crippen LogP) is 3.52. The van der Waals surface area contributed by atoms with Crippen molar-refractivity contribution in [1.82, 2.24) is 0 Å². The highest BCUT2D eigenvalue weighted by Gasteiger charge is 2.15. The number of carbonyl (C=O) groups excluding carboxylic acids is 1. The van der Waals surface area contributed by atoms with Gasteiger partial charge in [-0.3, -0.25) is 4.79 Å². The van der Waals surface area contributed by atoms with E-state index in [1.807, 2.05) is 60.7 Å². The van der Waals surface area contributed by atoms with E-state index >= 15 is 0 Å². The summed E-state index contributed by atoms with van der Waals surface area (Å²) in [6.07, 6.45) is 1.73. The summed E-state index contributed by atoms with van der Waals surface area (Å²) in [4.78, 5) is 14.1. The maximum absolute atomic E-state index is 12.4. The molecule has 0 aliphatic rings. The molecule has 0 aromatic heterocycles. The largest absolute Gasteiger partial charge is 0.305 e. The first-order valence-corrected chi connectivity index (χ1v) is 5.86. The molecular formula is C16H15NO. The number of para-hydroxylation sites is 1. The summed E-state index contributed by atoms with van der Waals surface area (Å²) in [5, 5.41) is 0. The molecule has 2 heteroatoms. The van der Waals surface area contributed by atoms with Gasteiger partial charge < -0.3 is 4.90 Å². The van der Waals surface area contributed by atoms with Crippen LogP contribution in [0.15, 0.2) is 73.3 Å². The summed E-state index contributed by atoms with van der Waals surface area (Å²) in [6.45, 7) is 4.21. The van der Waals surface area contributed by atoms with Crippen molar-refractivity contribution in [3.05, 3.63) is 78.9 Å². The number of anilines is 1. The third kappa shape index (κ3) is 2.66. The van der Waals surface area contributed by atoms with Crippen LogP contribution in [-0.2, 0) is 0 Å². The Morgan fingerprint density at radius 2 is 1.56 bits per heavy atom. The Bertz CT molecular complexity index is 519. The summed E-state index contributed by atoms with van der Waals surface area (Å²) in [6, 6.07) is 18.9. The zero-order valence-corrected chi connectivity index (χ0v) is 10.1. The van der Waals surface area contributed by atoms with Gasteiger partial charge in [0.05, 0.1) is 0 Å². The van der Waals surface area contributed by atoms with E-state index in [2.05, 4.69) is 6.58 Å². The molecule has 2 rings (SSSR count). The lowest BCUT2D eigenvalue weighted by molar-refractivity contribution is 0.0989. The average molecular weight is 237 g/mol. The number of hydrogen-bond acceptors (Lipinski definition) is 1. The van der Waals surface area contributed by atoms with Crippen LogP contribution in [0.2, 0.25) is 0 Å². The quantitative estimate of drug-likeness (QED) is 0.745. The minimum atomic E-state index is -0.0123. The highest BCUT2D eigenvalue weighted by Crippen LogP contribution is 2.16. The van der Waals surface area contributed by atoms with Gasteiger partial charge in [0.2, 0.25) is 0 Å². The minimum Gasteiger partial charge on any atom is -0.305 e. The van der Waals surface area contributed by atoms with Crippen molar-refractivity contribution in [1.29, 1.82) is 0 Å². The molecule has 0 aliphatic carbocycles. The highest BCUT2D eigenvalue weighted by atomic mass is 16.2. The monoisotopic (exact) mass is 237 g/mol. The van der Waals surface area contributed by atoms with Crippen LogP contribution in [0.4, 0.5) is 5.69 Å². The molecule has 0 saturated heterocycles. The lowest BCUT2D eigenvalue weighted by Gasteiger charge is -2.21. The Kier molecular flexibility index (Phi) is 3.92. The second kappa shape index (κ2) is 5.82. The Morgan fingerprint density at radius 1 is 1.00 bits per heavy atom. The molecule has 2 nitrogen and oxygen atoms in total. The van der Waals surface area contributed by atoms with Crippen LogP contribution in [0.5, 0.6) is 0 Å². The topological polar surface area (TPSA) is 20.3 Å². The van der Waals surface area contributed by atoms with Crippen LogP contribution in [0.3, 0.4) is 0 Å². The molecule has 2 aromatic rings. The van der Waals surface area contributed by atoms with E-state index in [1.54, 1.807) is 11.0 Å². The van der Waals surface area contributed by atoms with E-state index in [0.29, 0.717) is 12.1 Å². The van der Waals surface area contributed by atoms with Crippen LogP contribution >= 0.6 is 0 Å². The first-order chi connectivity index (χ1) is 8.83. The van der Waals surface area contributed by atoms with Gasteiger partial charge in [0.25, 0.3) is 5.91 Å².